The van der Waals surface area contributed by atoms with Crippen molar-refractivity contribution in [1.29, 1.82) is 5.26 Å². The molecular weight excluding hydrogens is 221 g/mol. The van der Waals surface area contributed by atoms with Crippen molar-refractivity contribution in [3.8, 4) is 6.07 Å². The van der Waals surface area contributed by atoms with Crippen LogP contribution in [0.1, 0.15) is 19.4 Å². The molecule has 1 aromatic carbocycles. The summed E-state index contributed by atoms with van der Waals surface area (Å²) in [6.07, 6.45) is 0.211. The van der Waals surface area contributed by atoms with Gasteiger partial charge in [-0.25, -0.2) is 4.39 Å². The monoisotopic (exact) mass is 235 g/mol. The number of esters is 1. The van der Waals surface area contributed by atoms with Crippen molar-refractivity contribution < 1.29 is 13.9 Å². The lowest BCUT2D eigenvalue weighted by Gasteiger charge is -2.19. The molecule has 0 aliphatic carbocycles. The van der Waals surface area contributed by atoms with Crippen LogP contribution in [0.3, 0.4) is 0 Å². The first-order chi connectivity index (χ1) is 8.01. The Hall–Kier alpha value is -1.89. The van der Waals surface area contributed by atoms with Gasteiger partial charge in [0, 0.05) is 6.42 Å². The van der Waals surface area contributed by atoms with Crippen LogP contribution in [0.4, 0.5) is 4.39 Å². The third kappa shape index (κ3) is 3.28. The fourth-order valence-electron chi connectivity index (χ4n) is 1.46. The number of carbonyl (C=O) groups excluding carboxylic acids is 1. The van der Waals surface area contributed by atoms with E-state index in [4.69, 9.17) is 10.00 Å². The van der Waals surface area contributed by atoms with Crippen LogP contribution in [-0.4, -0.2) is 12.6 Å². The van der Waals surface area contributed by atoms with Gasteiger partial charge in [0.1, 0.15) is 5.82 Å². The molecule has 17 heavy (non-hydrogen) atoms. The first-order valence-corrected chi connectivity index (χ1v) is 5.35. The normalized spacial score (nSPS) is 13.5. The Balaban J connectivity index is 2.86. The largest absolute Gasteiger partial charge is 0.465 e. The summed E-state index contributed by atoms with van der Waals surface area (Å²) >= 11 is 0. The first kappa shape index (κ1) is 13.2. The maximum absolute atomic E-state index is 12.7. The zero-order valence-electron chi connectivity index (χ0n) is 9.87. The van der Waals surface area contributed by atoms with Crippen molar-refractivity contribution in [2.75, 3.05) is 6.61 Å². The summed E-state index contributed by atoms with van der Waals surface area (Å²) < 4.78 is 17.6. The van der Waals surface area contributed by atoms with Crippen LogP contribution in [0.5, 0.6) is 0 Å². The number of carbonyl (C=O) groups is 1. The quantitative estimate of drug-likeness (QED) is 0.753. The molecule has 4 heteroatoms. The maximum atomic E-state index is 12.7. The highest BCUT2D eigenvalue weighted by Crippen LogP contribution is 2.23. The van der Waals surface area contributed by atoms with Gasteiger partial charge in [-0.05, 0) is 31.5 Å². The molecule has 0 radical (unpaired) electrons. The minimum absolute atomic E-state index is 0.211. The van der Waals surface area contributed by atoms with Gasteiger partial charge < -0.3 is 4.74 Å². The van der Waals surface area contributed by atoms with Crippen LogP contribution in [0.15, 0.2) is 24.3 Å². The van der Waals surface area contributed by atoms with Crippen LogP contribution in [-0.2, 0) is 16.0 Å². The van der Waals surface area contributed by atoms with Gasteiger partial charge in [0.2, 0.25) is 0 Å². The highest BCUT2D eigenvalue weighted by atomic mass is 19.1. The molecule has 1 rings (SSSR count). The van der Waals surface area contributed by atoms with Crippen molar-refractivity contribution in [3.63, 3.8) is 0 Å². The molecule has 0 saturated carbocycles. The molecule has 0 aliphatic heterocycles. The van der Waals surface area contributed by atoms with E-state index in [1.807, 2.05) is 6.07 Å². The van der Waals surface area contributed by atoms with Gasteiger partial charge in [-0.2, -0.15) is 5.26 Å². The second-order valence-electron chi connectivity index (χ2n) is 3.97. The lowest BCUT2D eigenvalue weighted by Crippen LogP contribution is -2.30. The zero-order chi connectivity index (χ0) is 12.9. The van der Waals surface area contributed by atoms with E-state index in [9.17, 15) is 9.18 Å². The van der Waals surface area contributed by atoms with E-state index in [0.717, 1.165) is 5.56 Å². The van der Waals surface area contributed by atoms with Gasteiger partial charge in [-0.15, -0.1) is 0 Å². The topological polar surface area (TPSA) is 50.1 Å². The second-order valence-corrected chi connectivity index (χ2v) is 3.97. The summed E-state index contributed by atoms with van der Waals surface area (Å²) in [7, 11) is 0. The van der Waals surface area contributed by atoms with Crippen molar-refractivity contribution in [2.45, 2.75) is 20.3 Å². The highest BCUT2D eigenvalue weighted by Gasteiger charge is 2.35. The Morgan fingerprint density at radius 2 is 2.06 bits per heavy atom. The van der Waals surface area contributed by atoms with Crippen molar-refractivity contribution in [2.24, 2.45) is 5.41 Å². The fraction of sp³-hybridized carbons (Fsp3) is 0.385. The number of ether oxygens (including phenoxy) is 1. The first-order valence-electron chi connectivity index (χ1n) is 5.35. The molecule has 1 aromatic rings. The number of nitriles is 1. The van der Waals surface area contributed by atoms with Crippen LogP contribution >= 0.6 is 0 Å². The SMILES string of the molecule is CCOC(=O)C(C)(C#N)Cc1ccc(F)cc1. The van der Waals surface area contributed by atoms with E-state index in [0.29, 0.717) is 0 Å². The summed E-state index contributed by atoms with van der Waals surface area (Å²) in [6, 6.07) is 7.68. The second kappa shape index (κ2) is 5.44. The summed E-state index contributed by atoms with van der Waals surface area (Å²) in [5.41, 5.74) is -0.503. The maximum Gasteiger partial charge on any atom is 0.326 e. The minimum atomic E-state index is -1.23. The molecule has 0 aliphatic rings. The van der Waals surface area contributed by atoms with E-state index < -0.39 is 11.4 Å². The zero-order valence-corrected chi connectivity index (χ0v) is 9.87. The van der Waals surface area contributed by atoms with Gasteiger partial charge in [0.25, 0.3) is 0 Å². The third-order valence-electron chi connectivity index (χ3n) is 2.44. The van der Waals surface area contributed by atoms with E-state index in [-0.39, 0.29) is 18.8 Å². The Kier molecular flexibility index (Phi) is 4.22. The number of hydrogen-bond acceptors (Lipinski definition) is 3. The Labute approximate surface area is 99.8 Å². The molecule has 0 fully saturated rings. The van der Waals surface area contributed by atoms with E-state index in [2.05, 4.69) is 0 Å². The average molecular weight is 235 g/mol. The number of halogens is 1. The number of nitrogens with zero attached hydrogens (tertiary/aromatic N) is 1. The van der Waals surface area contributed by atoms with E-state index in [1.165, 1.54) is 19.1 Å². The van der Waals surface area contributed by atoms with Crippen LogP contribution in [0.2, 0.25) is 0 Å². The molecule has 0 aromatic heterocycles. The molecule has 0 heterocycles. The van der Waals surface area contributed by atoms with Gasteiger partial charge in [-0.3, -0.25) is 4.79 Å². The number of hydrogen-bond donors (Lipinski definition) is 0. The highest BCUT2D eigenvalue weighted by molar-refractivity contribution is 5.79. The fourth-order valence-corrected chi connectivity index (χ4v) is 1.46. The average Bonchev–Trinajstić information content (AvgIpc) is 2.32. The lowest BCUT2D eigenvalue weighted by molar-refractivity contribution is -0.151. The molecule has 1 unspecified atom stereocenters. The summed E-state index contributed by atoms with van der Waals surface area (Å²) in [5.74, 6) is -0.893. The molecule has 1 atom stereocenters. The van der Waals surface area contributed by atoms with Crippen molar-refractivity contribution in [3.05, 3.63) is 35.6 Å². The van der Waals surface area contributed by atoms with Crippen LogP contribution in [0, 0.1) is 22.6 Å². The molecular formula is C13H14FNO2. The van der Waals surface area contributed by atoms with Crippen molar-refractivity contribution >= 4 is 5.97 Å². The summed E-state index contributed by atoms with van der Waals surface area (Å²) in [4.78, 5) is 11.6. The Morgan fingerprint density at radius 1 is 1.47 bits per heavy atom. The molecule has 0 N–H and O–H groups in total. The lowest BCUT2D eigenvalue weighted by atomic mass is 9.85. The summed E-state index contributed by atoms with van der Waals surface area (Å²) in [5, 5.41) is 9.07. The smallest absolute Gasteiger partial charge is 0.326 e. The number of benzene rings is 1. The minimum Gasteiger partial charge on any atom is -0.465 e. The molecule has 0 bridgehead atoms. The Bertz CT molecular complexity index is 436. The predicted molar refractivity (Wildman–Crippen MR) is 60.5 cm³/mol. The number of rotatable bonds is 4. The summed E-state index contributed by atoms with van der Waals surface area (Å²) in [6.45, 7) is 3.45. The van der Waals surface area contributed by atoms with Gasteiger partial charge in [-0.1, -0.05) is 12.1 Å². The molecule has 0 amide bonds. The van der Waals surface area contributed by atoms with Crippen LogP contribution < -0.4 is 0 Å². The van der Waals surface area contributed by atoms with Gasteiger partial charge in [0.05, 0.1) is 12.7 Å². The molecule has 0 spiro atoms. The van der Waals surface area contributed by atoms with Gasteiger partial charge >= 0.3 is 5.97 Å². The van der Waals surface area contributed by atoms with Crippen molar-refractivity contribution in [1.82, 2.24) is 0 Å². The van der Waals surface area contributed by atoms with Crippen LogP contribution in [0.25, 0.3) is 0 Å². The van der Waals surface area contributed by atoms with Gasteiger partial charge in [0.15, 0.2) is 5.41 Å². The predicted octanol–water partition coefficient (Wildman–Crippen LogP) is 2.46. The Morgan fingerprint density at radius 3 is 2.53 bits per heavy atom. The molecule has 3 nitrogen and oxygen atoms in total. The van der Waals surface area contributed by atoms with E-state index in [1.54, 1.807) is 19.1 Å². The van der Waals surface area contributed by atoms with E-state index >= 15 is 0 Å². The standard InChI is InChI=1S/C13H14FNO2/c1-3-17-12(16)13(2,9-15)8-10-4-6-11(14)7-5-10/h4-7H,3,8H2,1-2H3. The molecule has 90 valence electrons. The third-order valence-corrected chi connectivity index (χ3v) is 2.44. The molecule has 0 saturated heterocycles.